The highest BCUT2D eigenvalue weighted by Gasteiger charge is 2.68. The van der Waals surface area contributed by atoms with Crippen LogP contribution in [-0.2, 0) is 42.7 Å². The minimum absolute atomic E-state index is 0.0325. The van der Waals surface area contributed by atoms with E-state index in [0.717, 1.165) is 50.5 Å². The molecule has 60 heavy (non-hydrogen) atoms. The third-order valence-corrected chi connectivity index (χ3v) is 16.5. The van der Waals surface area contributed by atoms with Crippen molar-refractivity contribution in [3.05, 3.63) is 11.6 Å². The highest BCUT2D eigenvalue weighted by Crippen LogP contribution is 2.70. The molecule has 23 unspecified atom stereocenters. The fourth-order valence-electron chi connectivity index (χ4n) is 12.9. The molecule has 4 heterocycles. The second-order valence-corrected chi connectivity index (χ2v) is 19.4. The van der Waals surface area contributed by atoms with Crippen LogP contribution in [-0.4, -0.2) is 183 Å². The summed E-state index contributed by atoms with van der Waals surface area (Å²) < 4.78 is 47.1. The second kappa shape index (κ2) is 17.2. The molecule has 342 valence electrons. The Kier molecular flexibility index (Phi) is 12.9. The largest absolute Gasteiger partial charge is 0.458 e. The van der Waals surface area contributed by atoms with Crippen LogP contribution in [0.5, 0.6) is 0 Å². The molecule has 23 atom stereocenters. The summed E-state index contributed by atoms with van der Waals surface area (Å²) in [4.78, 5) is 12.0. The molecule has 4 saturated carbocycles. The maximum Gasteiger partial charge on any atom is 0.331 e. The SMILES string of the molecule is COC1C(O)C(C)OC(OC2CCC3(C)C(CCC4C3CCC3(C)C(C5=CC(=O)OC5)CCC43O)C2)C1OC1OC(COC2OC(CO)C(O)C(O)C2O)C(O)C(O)C1O. The lowest BCUT2D eigenvalue weighted by Gasteiger charge is -2.64. The first-order valence-electron chi connectivity index (χ1n) is 21.8. The van der Waals surface area contributed by atoms with Crippen LogP contribution in [0.3, 0.4) is 0 Å². The van der Waals surface area contributed by atoms with Crippen molar-refractivity contribution in [1.82, 2.24) is 0 Å². The van der Waals surface area contributed by atoms with Crippen LogP contribution in [0.25, 0.3) is 0 Å². The smallest absolute Gasteiger partial charge is 0.331 e. The van der Waals surface area contributed by atoms with Gasteiger partial charge in [0, 0.05) is 18.6 Å². The van der Waals surface area contributed by atoms with Crippen molar-refractivity contribution in [1.29, 1.82) is 0 Å². The predicted octanol–water partition coefficient (Wildman–Crippen LogP) is -1.24. The van der Waals surface area contributed by atoms with Gasteiger partial charge in [0.2, 0.25) is 0 Å². The number of hydrogen-bond acceptors (Lipinski definition) is 18. The fraction of sp³-hybridized carbons (Fsp3) is 0.929. The number of carbonyl (C=O) groups is 1. The van der Waals surface area contributed by atoms with Crippen LogP contribution < -0.4 is 0 Å². The van der Waals surface area contributed by atoms with Crippen molar-refractivity contribution < 1.29 is 88.6 Å². The Morgan fingerprint density at radius 2 is 1.43 bits per heavy atom. The molecule has 0 aromatic heterocycles. The number of carbonyl (C=O) groups excluding carboxylic acids is 1. The van der Waals surface area contributed by atoms with Crippen LogP contribution in [0.4, 0.5) is 0 Å². The van der Waals surface area contributed by atoms with Gasteiger partial charge >= 0.3 is 5.97 Å². The van der Waals surface area contributed by atoms with Gasteiger partial charge in [0.15, 0.2) is 18.9 Å². The molecule has 0 bridgehead atoms. The Morgan fingerprint density at radius 1 is 0.733 bits per heavy atom. The van der Waals surface area contributed by atoms with Gasteiger partial charge in [0.25, 0.3) is 0 Å². The summed E-state index contributed by atoms with van der Waals surface area (Å²) in [6, 6.07) is 0. The van der Waals surface area contributed by atoms with Crippen molar-refractivity contribution in [3.8, 4) is 0 Å². The molecule has 8 aliphatic rings. The third-order valence-electron chi connectivity index (χ3n) is 16.5. The average molecular weight is 859 g/mol. The Balaban J connectivity index is 0.937. The van der Waals surface area contributed by atoms with Crippen molar-refractivity contribution in [3.63, 3.8) is 0 Å². The minimum atomic E-state index is -1.80. The number of esters is 1. The molecule has 0 amide bonds. The maximum absolute atomic E-state index is 12.7. The molecular weight excluding hydrogens is 792 g/mol. The second-order valence-electron chi connectivity index (χ2n) is 19.4. The molecule has 8 rings (SSSR count). The molecule has 0 aromatic carbocycles. The van der Waals surface area contributed by atoms with E-state index in [2.05, 4.69) is 13.8 Å². The van der Waals surface area contributed by atoms with E-state index in [9.17, 15) is 50.8 Å². The van der Waals surface area contributed by atoms with Gasteiger partial charge in [-0.25, -0.2) is 4.79 Å². The summed E-state index contributed by atoms with van der Waals surface area (Å²) in [5.41, 5.74) is -0.180. The Labute approximate surface area is 349 Å². The lowest BCUT2D eigenvalue weighted by Crippen LogP contribution is -2.65. The fourth-order valence-corrected chi connectivity index (χ4v) is 12.9. The Morgan fingerprint density at radius 3 is 2.12 bits per heavy atom. The van der Waals surface area contributed by atoms with Gasteiger partial charge in [0.1, 0.15) is 73.8 Å². The molecule has 4 aliphatic heterocycles. The van der Waals surface area contributed by atoms with Gasteiger partial charge in [-0.15, -0.1) is 0 Å². The van der Waals surface area contributed by atoms with E-state index in [1.807, 2.05) is 0 Å². The lowest BCUT2D eigenvalue weighted by atomic mass is 9.43. The molecule has 7 fully saturated rings. The monoisotopic (exact) mass is 858 g/mol. The van der Waals surface area contributed by atoms with Crippen LogP contribution in [0.15, 0.2) is 11.6 Å². The highest BCUT2D eigenvalue weighted by atomic mass is 16.8. The van der Waals surface area contributed by atoms with Gasteiger partial charge in [-0.05, 0) is 99.4 Å². The van der Waals surface area contributed by atoms with Crippen molar-refractivity contribution in [2.75, 3.05) is 26.9 Å². The maximum atomic E-state index is 12.7. The van der Waals surface area contributed by atoms with Crippen LogP contribution in [0, 0.1) is 34.5 Å². The lowest BCUT2D eigenvalue weighted by molar-refractivity contribution is -0.376. The summed E-state index contributed by atoms with van der Waals surface area (Å²) >= 11 is 0. The van der Waals surface area contributed by atoms with E-state index >= 15 is 0 Å². The Bertz CT molecular complexity index is 1570. The number of aliphatic hydroxyl groups is 9. The summed E-state index contributed by atoms with van der Waals surface area (Å²) in [5.74, 6) is 0.597. The third kappa shape index (κ3) is 7.50. The first kappa shape index (κ1) is 45.1. The predicted molar refractivity (Wildman–Crippen MR) is 203 cm³/mol. The number of aliphatic hydroxyl groups excluding tert-OH is 8. The van der Waals surface area contributed by atoms with Crippen molar-refractivity contribution in [2.45, 2.75) is 182 Å². The molecule has 3 saturated heterocycles. The normalized spacial score (nSPS) is 54.4. The zero-order chi connectivity index (χ0) is 43.1. The van der Waals surface area contributed by atoms with Crippen LogP contribution >= 0.6 is 0 Å². The summed E-state index contributed by atoms with van der Waals surface area (Å²) in [6.07, 6.45) is -12.4. The summed E-state index contributed by atoms with van der Waals surface area (Å²) in [7, 11) is 1.39. The topological polar surface area (TPSA) is 273 Å². The zero-order valence-electron chi connectivity index (χ0n) is 34.8. The molecule has 0 aromatic rings. The van der Waals surface area contributed by atoms with Gasteiger partial charge in [-0.1, -0.05) is 13.8 Å². The zero-order valence-corrected chi connectivity index (χ0v) is 34.8. The average Bonchev–Trinajstić information content (AvgIpc) is 3.78. The molecular formula is C42H66O18. The summed E-state index contributed by atoms with van der Waals surface area (Å²) in [6.45, 7) is 5.36. The molecule has 18 heteroatoms. The van der Waals surface area contributed by atoms with Crippen molar-refractivity contribution >= 4 is 5.97 Å². The number of ether oxygens (including phenoxy) is 8. The van der Waals surface area contributed by atoms with Gasteiger partial charge in [-0.2, -0.15) is 0 Å². The number of cyclic esters (lactones) is 1. The number of methoxy groups -OCH3 is 1. The number of fused-ring (bicyclic) bond motifs is 5. The van der Waals surface area contributed by atoms with Crippen molar-refractivity contribution in [2.24, 2.45) is 34.5 Å². The van der Waals surface area contributed by atoms with E-state index < -0.39 is 111 Å². The molecule has 9 N–H and O–H groups in total. The minimum Gasteiger partial charge on any atom is -0.458 e. The number of rotatable bonds is 10. The molecule has 0 radical (unpaired) electrons. The molecule has 18 nitrogen and oxygen atoms in total. The van der Waals surface area contributed by atoms with Gasteiger partial charge in [-0.3, -0.25) is 0 Å². The molecule has 0 spiro atoms. The van der Waals surface area contributed by atoms with Crippen LogP contribution in [0.2, 0.25) is 0 Å². The van der Waals surface area contributed by atoms with Crippen LogP contribution in [0.1, 0.15) is 78.6 Å². The number of hydrogen-bond donors (Lipinski definition) is 9. The molecule has 4 aliphatic carbocycles. The quantitative estimate of drug-likeness (QED) is 0.0918. The summed E-state index contributed by atoms with van der Waals surface area (Å²) in [5, 5.41) is 96.9. The first-order valence-corrected chi connectivity index (χ1v) is 21.8. The standard InChI is InChI=1S/C42H66O18/c1-18-28(45)35(53-4)36(60-38-34(51)32(49)30(47)26(59-38)17-55-37-33(50)31(48)29(46)25(15-43)58-37)39(56-18)57-21-7-10-40(2)20(14-21)5-6-24-23(40)8-11-41(3)22(9-12-42(24,41)52)19-13-27(44)54-16-19/h13,18,20-26,28-39,43,45-52H,5-12,14-17H2,1-4H3. The van der Waals surface area contributed by atoms with E-state index in [-0.39, 0.29) is 34.7 Å². The Hall–Kier alpha value is -1.43. The van der Waals surface area contributed by atoms with E-state index in [0.29, 0.717) is 31.3 Å². The van der Waals surface area contributed by atoms with Gasteiger partial charge < -0.3 is 83.9 Å². The highest BCUT2D eigenvalue weighted by molar-refractivity contribution is 5.85. The first-order chi connectivity index (χ1) is 28.4. The van der Waals surface area contributed by atoms with E-state index in [1.54, 1.807) is 13.0 Å². The van der Waals surface area contributed by atoms with E-state index in [4.69, 9.17) is 37.9 Å². The van der Waals surface area contributed by atoms with Gasteiger partial charge in [0.05, 0.1) is 31.0 Å². The van der Waals surface area contributed by atoms with E-state index in [1.165, 1.54) is 7.11 Å².